The molecule has 19 heavy (non-hydrogen) atoms. The summed E-state index contributed by atoms with van der Waals surface area (Å²) in [6, 6.07) is 10.6. The Morgan fingerprint density at radius 3 is 2.58 bits per heavy atom. The fourth-order valence-corrected chi connectivity index (χ4v) is 2.35. The van der Waals surface area contributed by atoms with Gasteiger partial charge in [0.25, 0.3) is 0 Å². The van der Waals surface area contributed by atoms with Crippen molar-refractivity contribution in [2.75, 3.05) is 39.8 Å². The summed E-state index contributed by atoms with van der Waals surface area (Å²) in [6.45, 7) is 6.09. The fraction of sp³-hybridized carbons (Fsp3) is 0.533. The van der Waals surface area contributed by atoms with E-state index in [-0.39, 0.29) is 11.9 Å². The number of carbonyl (C=O) groups is 1. The Morgan fingerprint density at radius 2 is 1.95 bits per heavy atom. The number of benzene rings is 1. The Hall–Kier alpha value is -1.39. The first-order valence-electron chi connectivity index (χ1n) is 6.92. The van der Waals surface area contributed by atoms with Gasteiger partial charge in [0.1, 0.15) is 0 Å². The number of piperazine rings is 1. The monoisotopic (exact) mass is 261 g/mol. The second-order valence-corrected chi connectivity index (χ2v) is 5.13. The number of amides is 1. The lowest BCUT2D eigenvalue weighted by Crippen LogP contribution is -2.49. The second kappa shape index (κ2) is 6.68. The van der Waals surface area contributed by atoms with Crippen molar-refractivity contribution in [1.82, 2.24) is 15.1 Å². The van der Waals surface area contributed by atoms with Crippen molar-refractivity contribution in [2.24, 2.45) is 0 Å². The Bertz CT molecular complexity index is 401. The molecule has 0 bridgehead atoms. The van der Waals surface area contributed by atoms with Gasteiger partial charge in [-0.05, 0) is 19.5 Å². The maximum Gasteiger partial charge on any atom is 0.236 e. The van der Waals surface area contributed by atoms with Crippen LogP contribution in [0.15, 0.2) is 30.3 Å². The van der Waals surface area contributed by atoms with Crippen LogP contribution in [0.4, 0.5) is 0 Å². The third-order valence-electron chi connectivity index (χ3n) is 3.80. The van der Waals surface area contributed by atoms with Crippen molar-refractivity contribution in [2.45, 2.75) is 13.0 Å². The molecule has 0 unspecified atom stereocenters. The molecule has 4 heteroatoms. The Morgan fingerprint density at radius 1 is 1.32 bits per heavy atom. The van der Waals surface area contributed by atoms with Crippen molar-refractivity contribution in [3.63, 3.8) is 0 Å². The van der Waals surface area contributed by atoms with Crippen LogP contribution in [0.25, 0.3) is 0 Å². The van der Waals surface area contributed by atoms with Crippen LogP contribution >= 0.6 is 0 Å². The summed E-state index contributed by atoms with van der Waals surface area (Å²) in [4.78, 5) is 16.3. The average molecular weight is 261 g/mol. The van der Waals surface area contributed by atoms with E-state index >= 15 is 0 Å². The van der Waals surface area contributed by atoms with Gasteiger partial charge in [0.2, 0.25) is 5.91 Å². The van der Waals surface area contributed by atoms with E-state index in [0.29, 0.717) is 6.54 Å². The Labute approximate surface area is 115 Å². The van der Waals surface area contributed by atoms with E-state index in [1.54, 1.807) is 0 Å². The maximum absolute atomic E-state index is 12.2. The summed E-state index contributed by atoms with van der Waals surface area (Å²) < 4.78 is 0. The summed E-state index contributed by atoms with van der Waals surface area (Å²) in [7, 11) is 2.01. The lowest BCUT2D eigenvalue weighted by atomic mass is 10.1. The highest BCUT2D eigenvalue weighted by Gasteiger charge is 2.20. The molecule has 1 amide bonds. The molecular formula is C15H23N3O. The molecule has 1 heterocycles. The second-order valence-electron chi connectivity index (χ2n) is 5.13. The van der Waals surface area contributed by atoms with Crippen LogP contribution in [-0.4, -0.2) is 55.5 Å². The zero-order valence-electron chi connectivity index (χ0n) is 11.8. The molecule has 0 spiro atoms. The summed E-state index contributed by atoms with van der Waals surface area (Å²) in [5, 5.41) is 3.26. The molecule has 1 aromatic rings. The van der Waals surface area contributed by atoms with Gasteiger partial charge < -0.3 is 10.2 Å². The van der Waals surface area contributed by atoms with Gasteiger partial charge in [0.15, 0.2) is 0 Å². The quantitative estimate of drug-likeness (QED) is 0.882. The number of likely N-dealkylation sites (N-methyl/N-ethyl adjacent to an activating group) is 1. The lowest BCUT2D eigenvalue weighted by molar-refractivity contribution is -0.133. The zero-order valence-corrected chi connectivity index (χ0v) is 11.8. The first-order chi connectivity index (χ1) is 9.18. The predicted molar refractivity (Wildman–Crippen MR) is 76.9 cm³/mol. The normalized spacial score (nSPS) is 17.5. The summed E-state index contributed by atoms with van der Waals surface area (Å²) in [5.41, 5.74) is 1.25. The molecule has 1 aromatic carbocycles. The topological polar surface area (TPSA) is 35.6 Å². The molecule has 1 aliphatic heterocycles. The van der Waals surface area contributed by atoms with Gasteiger partial charge in [-0.25, -0.2) is 0 Å². The van der Waals surface area contributed by atoms with E-state index in [1.807, 2.05) is 30.1 Å². The maximum atomic E-state index is 12.2. The third kappa shape index (κ3) is 3.78. The molecule has 1 atom stereocenters. The lowest BCUT2D eigenvalue weighted by Gasteiger charge is -2.31. The van der Waals surface area contributed by atoms with Gasteiger partial charge in [0.05, 0.1) is 6.54 Å². The fourth-order valence-electron chi connectivity index (χ4n) is 2.35. The van der Waals surface area contributed by atoms with E-state index < -0.39 is 0 Å². The van der Waals surface area contributed by atoms with Crippen molar-refractivity contribution in [1.29, 1.82) is 0 Å². The van der Waals surface area contributed by atoms with E-state index in [4.69, 9.17) is 0 Å². The molecule has 1 saturated heterocycles. The minimum absolute atomic E-state index is 0.229. The first kappa shape index (κ1) is 14.0. The molecule has 104 valence electrons. The van der Waals surface area contributed by atoms with Gasteiger partial charge in [0, 0.05) is 32.2 Å². The molecule has 1 aliphatic rings. The first-order valence-corrected chi connectivity index (χ1v) is 6.92. The SMILES string of the molecule is C[C@H](c1ccccc1)N(C)CC(=O)N1CCNCC1. The van der Waals surface area contributed by atoms with E-state index in [0.717, 1.165) is 26.2 Å². The van der Waals surface area contributed by atoms with Gasteiger partial charge in [-0.1, -0.05) is 30.3 Å². The van der Waals surface area contributed by atoms with Crippen molar-refractivity contribution in [3.8, 4) is 0 Å². The molecule has 4 nitrogen and oxygen atoms in total. The van der Waals surface area contributed by atoms with Crippen LogP contribution < -0.4 is 5.32 Å². The number of hydrogen-bond donors (Lipinski definition) is 1. The van der Waals surface area contributed by atoms with Crippen LogP contribution in [0.5, 0.6) is 0 Å². The van der Waals surface area contributed by atoms with Gasteiger partial charge >= 0.3 is 0 Å². The standard InChI is InChI=1S/C15H23N3O/c1-13(14-6-4-3-5-7-14)17(2)12-15(19)18-10-8-16-9-11-18/h3-7,13,16H,8-12H2,1-2H3/t13-/m1/s1. The third-order valence-corrected chi connectivity index (χ3v) is 3.80. The van der Waals surface area contributed by atoms with Crippen LogP contribution in [0, 0.1) is 0 Å². The Balaban J connectivity index is 1.89. The van der Waals surface area contributed by atoms with Gasteiger partial charge in [-0.2, -0.15) is 0 Å². The summed E-state index contributed by atoms with van der Waals surface area (Å²) in [5.74, 6) is 0.229. The molecule has 0 aromatic heterocycles. The van der Waals surface area contributed by atoms with Crippen molar-refractivity contribution in [3.05, 3.63) is 35.9 Å². The van der Waals surface area contributed by atoms with Gasteiger partial charge in [-0.15, -0.1) is 0 Å². The Kier molecular flexibility index (Phi) is 4.93. The highest BCUT2D eigenvalue weighted by atomic mass is 16.2. The molecule has 0 radical (unpaired) electrons. The minimum atomic E-state index is 0.229. The molecule has 1 N–H and O–H groups in total. The number of nitrogens with zero attached hydrogens (tertiary/aromatic N) is 2. The molecular weight excluding hydrogens is 238 g/mol. The molecule has 2 rings (SSSR count). The van der Waals surface area contributed by atoms with Crippen LogP contribution in [0.2, 0.25) is 0 Å². The summed E-state index contributed by atoms with van der Waals surface area (Å²) >= 11 is 0. The number of rotatable bonds is 4. The molecule has 0 aliphatic carbocycles. The highest BCUT2D eigenvalue weighted by Crippen LogP contribution is 2.17. The van der Waals surface area contributed by atoms with Crippen LogP contribution in [0.3, 0.4) is 0 Å². The van der Waals surface area contributed by atoms with E-state index in [2.05, 4.69) is 29.3 Å². The van der Waals surface area contributed by atoms with E-state index in [1.165, 1.54) is 5.56 Å². The smallest absolute Gasteiger partial charge is 0.236 e. The number of hydrogen-bond acceptors (Lipinski definition) is 3. The van der Waals surface area contributed by atoms with Gasteiger partial charge in [-0.3, -0.25) is 9.69 Å². The minimum Gasteiger partial charge on any atom is -0.339 e. The predicted octanol–water partition coefficient (Wildman–Crippen LogP) is 1.11. The van der Waals surface area contributed by atoms with Crippen molar-refractivity contribution < 1.29 is 4.79 Å². The zero-order chi connectivity index (χ0) is 13.7. The van der Waals surface area contributed by atoms with Crippen molar-refractivity contribution >= 4 is 5.91 Å². The van der Waals surface area contributed by atoms with Crippen LogP contribution in [-0.2, 0) is 4.79 Å². The number of nitrogens with one attached hydrogen (secondary N) is 1. The van der Waals surface area contributed by atoms with E-state index in [9.17, 15) is 4.79 Å². The molecule has 1 fully saturated rings. The highest BCUT2D eigenvalue weighted by molar-refractivity contribution is 5.78. The van der Waals surface area contributed by atoms with Crippen LogP contribution in [0.1, 0.15) is 18.5 Å². The average Bonchev–Trinajstić information content (AvgIpc) is 2.48. The summed E-state index contributed by atoms with van der Waals surface area (Å²) in [6.07, 6.45) is 0. The number of carbonyl (C=O) groups excluding carboxylic acids is 1. The molecule has 0 saturated carbocycles. The largest absolute Gasteiger partial charge is 0.339 e.